The number of methoxy groups -OCH3 is 3. The summed E-state index contributed by atoms with van der Waals surface area (Å²) in [6.07, 6.45) is 1.78. The first kappa shape index (κ1) is 23.1. The van der Waals surface area contributed by atoms with E-state index in [1.165, 1.54) is 11.3 Å². The fourth-order valence-electron chi connectivity index (χ4n) is 4.43. The molecule has 1 aliphatic rings. The van der Waals surface area contributed by atoms with E-state index in [1.54, 1.807) is 21.3 Å². The number of carbonyl (C=O) groups excluding carboxylic acids is 1. The minimum atomic E-state index is 0.0474. The summed E-state index contributed by atoms with van der Waals surface area (Å²) < 4.78 is 16.5. The SMILES string of the molecule is COc1cccc(N(C(=O)c2cccs2)C2CCN(Cc3cccc(OC)c3OC)CC2)c1. The molecule has 33 heavy (non-hydrogen) atoms. The molecule has 0 bridgehead atoms. The van der Waals surface area contributed by atoms with Gasteiger partial charge in [0.2, 0.25) is 0 Å². The Morgan fingerprint density at radius 1 is 1.00 bits per heavy atom. The number of hydrogen-bond donors (Lipinski definition) is 0. The zero-order valence-corrected chi connectivity index (χ0v) is 20.1. The molecule has 2 heterocycles. The van der Waals surface area contributed by atoms with Crippen molar-refractivity contribution in [3.8, 4) is 17.2 Å². The number of thiophene rings is 1. The molecule has 0 spiro atoms. The molecule has 1 amide bonds. The number of benzene rings is 2. The second-order valence-corrected chi connectivity index (χ2v) is 8.96. The highest BCUT2D eigenvalue weighted by molar-refractivity contribution is 7.12. The molecule has 0 radical (unpaired) electrons. The van der Waals surface area contributed by atoms with Crippen LogP contribution in [0.3, 0.4) is 0 Å². The van der Waals surface area contributed by atoms with E-state index in [9.17, 15) is 4.79 Å². The zero-order chi connectivity index (χ0) is 23.2. The van der Waals surface area contributed by atoms with Gasteiger partial charge in [0.1, 0.15) is 5.75 Å². The molecule has 7 heteroatoms. The van der Waals surface area contributed by atoms with E-state index in [4.69, 9.17) is 14.2 Å². The topological polar surface area (TPSA) is 51.2 Å². The van der Waals surface area contributed by atoms with E-state index in [2.05, 4.69) is 11.0 Å². The molecular formula is C26H30N2O4S. The lowest BCUT2D eigenvalue weighted by Crippen LogP contribution is -2.47. The smallest absolute Gasteiger partial charge is 0.268 e. The molecule has 3 aromatic rings. The number of rotatable bonds is 8. The summed E-state index contributed by atoms with van der Waals surface area (Å²) >= 11 is 1.48. The fraction of sp³-hybridized carbons (Fsp3) is 0.346. The Labute approximate surface area is 199 Å². The van der Waals surface area contributed by atoms with Crippen molar-refractivity contribution < 1.29 is 19.0 Å². The van der Waals surface area contributed by atoms with Crippen LogP contribution in [-0.2, 0) is 6.54 Å². The second kappa shape index (κ2) is 10.7. The van der Waals surface area contributed by atoms with Crippen LogP contribution in [0.25, 0.3) is 0 Å². The van der Waals surface area contributed by atoms with Crippen LogP contribution in [0.5, 0.6) is 17.2 Å². The summed E-state index contributed by atoms with van der Waals surface area (Å²) in [5.41, 5.74) is 1.98. The Morgan fingerprint density at radius 2 is 1.79 bits per heavy atom. The van der Waals surface area contributed by atoms with Crippen LogP contribution in [0, 0.1) is 0 Å². The number of ether oxygens (including phenoxy) is 3. The molecule has 0 saturated carbocycles. The molecule has 4 rings (SSSR count). The van der Waals surface area contributed by atoms with E-state index in [0.717, 1.165) is 65.9 Å². The van der Waals surface area contributed by atoms with Gasteiger partial charge in [-0.2, -0.15) is 0 Å². The van der Waals surface area contributed by atoms with Gasteiger partial charge in [0.25, 0.3) is 5.91 Å². The van der Waals surface area contributed by atoms with E-state index in [-0.39, 0.29) is 11.9 Å². The Hall–Kier alpha value is -3.03. The zero-order valence-electron chi connectivity index (χ0n) is 19.3. The molecule has 1 aliphatic heterocycles. The van der Waals surface area contributed by atoms with Gasteiger partial charge in [-0.3, -0.25) is 9.69 Å². The first-order valence-electron chi connectivity index (χ1n) is 11.1. The van der Waals surface area contributed by atoms with Crippen LogP contribution in [0.4, 0.5) is 5.69 Å². The van der Waals surface area contributed by atoms with Crippen molar-refractivity contribution in [2.24, 2.45) is 0 Å². The van der Waals surface area contributed by atoms with Crippen LogP contribution in [0.2, 0.25) is 0 Å². The van der Waals surface area contributed by atoms with Gasteiger partial charge in [0.05, 0.1) is 26.2 Å². The third-order valence-electron chi connectivity index (χ3n) is 6.08. The quantitative estimate of drug-likeness (QED) is 0.463. The third-order valence-corrected chi connectivity index (χ3v) is 6.94. The Morgan fingerprint density at radius 3 is 2.45 bits per heavy atom. The highest BCUT2D eigenvalue weighted by Crippen LogP contribution is 2.33. The average Bonchev–Trinajstić information content (AvgIpc) is 3.40. The molecule has 6 nitrogen and oxygen atoms in total. The largest absolute Gasteiger partial charge is 0.497 e. The van der Waals surface area contributed by atoms with Crippen molar-refractivity contribution in [3.05, 3.63) is 70.4 Å². The predicted octanol–water partition coefficient (Wildman–Crippen LogP) is 5.09. The van der Waals surface area contributed by atoms with Gasteiger partial charge in [-0.1, -0.05) is 24.3 Å². The predicted molar refractivity (Wildman–Crippen MR) is 132 cm³/mol. The monoisotopic (exact) mass is 466 g/mol. The van der Waals surface area contributed by atoms with E-state index < -0.39 is 0 Å². The second-order valence-electron chi connectivity index (χ2n) is 8.01. The van der Waals surface area contributed by atoms with Gasteiger partial charge in [0, 0.05) is 43.0 Å². The number of nitrogens with zero attached hydrogens (tertiary/aromatic N) is 2. The minimum Gasteiger partial charge on any atom is -0.497 e. The molecule has 174 valence electrons. The number of para-hydroxylation sites is 1. The van der Waals surface area contributed by atoms with Crippen molar-refractivity contribution >= 4 is 22.9 Å². The summed E-state index contributed by atoms with van der Waals surface area (Å²) in [7, 11) is 4.98. The number of hydrogen-bond acceptors (Lipinski definition) is 6. The summed E-state index contributed by atoms with van der Waals surface area (Å²) in [6.45, 7) is 2.57. The maximum atomic E-state index is 13.5. The highest BCUT2D eigenvalue weighted by atomic mass is 32.1. The molecule has 0 N–H and O–H groups in total. The van der Waals surface area contributed by atoms with Crippen LogP contribution < -0.4 is 19.1 Å². The molecular weight excluding hydrogens is 436 g/mol. The Bertz CT molecular complexity index is 1060. The van der Waals surface area contributed by atoms with Crippen molar-refractivity contribution in [2.75, 3.05) is 39.3 Å². The maximum Gasteiger partial charge on any atom is 0.268 e. The maximum absolute atomic E-state index is 13.5. The van der Waals surface area contributed by atoms with Crippen molar-refractivity contribution in [1.29, 1.82) is 0 Å². The molecule has 0 unspecified atom stereocenters. The first-order chi connectivity index (χ1) is 16.1. The van der Waals surface area contributed by atoms with Gasteiger partial charge in [-0.05, 0) is 42.5 Å². The molecule has 1 fully saturated rings. The van der Waals surface area contributed by atoms with Crippen molar-refractivity contribution in [3.63, 3.8) is 0 Å². The number of anilines is 1. The van der Waals surface area contributed by atoms with Gasteiger partial charge in [-0.25, -0.2) is 0 Å². The lowest BCUT2D eigenvalue weighted by atomic mass is 10.0. The minimum absolute atomic E-state index is 0.0474. The van der Waals surface area contributed by atoms with E-state index in [0.29, 0.717) is 0 Å². The van der Waals surface area contributed by atoms with Gasteiger partial charge < -0.3 is 19.1 Å². The normalized spacial score (nSPS) is 14.6. The molecule has 1 saturated heterocycles. The third kappa shape index (κ3) is 5.15. The van der Waals surface area contributed by atoms with E-state index >= 15 is 0 Å². The summed E-state index contributed by atoms with van der Waals surface area (Å²) in [4.78, 5) is 18.6. The number of amides is 1. The highest BCUT2D eigenvalue weighted by Gasteiger charge is 2.31. The van der Waals surface area contributed by atoms with Crippen molar-refractivity contribution in [2.45, 2.75) is 25.4 Å². The van der Waals surface area contributed by atoms with Crippen molar-refractivity contribution in [1.82, 2.24) is 4.90 Å². The molecule has 1 aromatic heterocycles. The molecule has 0 aliphatic carbocycles. The number of carbonyl (C=O) groups is 1. The lowest BCUT2D eigenvalue weighted by Gasteiger charge is -2.38. The number of likely N-dealkylation sites (tertiary alicyclic amines) is 1. The lowest BCUT2D eigenvalue weighted by molar-refractivity contribution is 0.0962. The summed E-state index contributed by atoms with van der Waals surface area (Å²) in [5.74, 6) is 2.33. The standard InChI is InChI=1S/C26H30N2O4S/c1-30-22-9-5-8-21(17-22)28(26(29)24-11-6-16-33-24)20-12-14-27(15-13-20)18-19-7-4-10-23(31-2)25(19)32-3/h4-11,16-17,20H,12-15,18H2,1-3H3. The van der Waals surface area contributed by atoms with Gasteiger partial charge >= 0.3 is 0 Å². The van der Waals surface area contributed by atoms with Crippen LogP contribution in [0.15, 0.2) is 60.0 Å². The fourth-order valence-corrected chi connectivity index (χ4v) is 5.09. The summed E-state index contributed by atoms with van der Waals surface area (Å²) in [5, 5.41) is 1.95. The molecule has 2 aromatic carbocycles. The Kier molecular flexibility index (Phi) is 7.52. The number of piperidine rings is 1. The van der Waals surface area contributed by atoms with E-state index in [1.807, 2.05) is 58.8 Å². The molecule has 0 atom stereocenters. The van der Waals surface area contributed by atoms with Gasteiger partial charge in [0.15, 0.2) is 11.5 Å². The van der Waals surface area contributed by atoms with Crippen LogP contribution >= 0.6 is 11.3 Å². The summed E-state index contributed by atoms with van der Waals surface area (Å²) in [6, 6.07) is 17.7. The van der Waals surface area contributed by atoms with Gasteiger partial charge in [-0.15, -0.1) is 11.3 Å². The first-order valence-corrected chi connectivity index (χ1v) is 12.0. The van der Waals surface area contributed by atoms with Crippen LogP contribution in [0.1, 0.15) is 28.1 Å². The average molecular weight is 467 g/mol. The Balaban J connectivity index is 1.51. The van der Waals surface area contributed by atoms with Crippen LogP contribution in [-0.4, -0.2) is 51.3 Å².